The summed E-state index contributed by atoms with van der Waals surface area (Å²) >= 11 is 5.97. The van der Waals surface area contributed by atoms with Gasteiger partial charge in [0.2, 0.25) is 5.91 Å². The van der Waals surface area contributed by atoms with Crippen molar-refractivity contribution in [1.29, 1.82) is 0 Å². The van der Waals surface area contributed by atoms with Gasteiger partial charge >= 0.3 is 6.29 Å². The van der Waals surface area contributed by atoms with Gasteiger partial charge in [0.1, 0.15) is 28.7 Å². The molecular weight excluding hydrogens is 370 g/mol. The number of amides is 1. The molecule has 0 radical (unpaired) electrons. The number of pyridine rings is 1. The van der Waals surface area contributed by atoms with E-state index in [1.165, 1.54) is 12.1 Å². The van der Waals surface area contributed by atoms with Crippen LogP contribution >= 0.6 is 11.6 Å². The summed E-state index contributed by atoms with van der Waals surface area (Å²) in [5, 5.41) is 2.96. The van der Waals surface area contributed by atoms with Gasteiger partial charge in [-0.2, -0.15) is 0 Å². The molecule has 9 heteroatoms. The third-order valence-corrected chi connectivity index (χ3v) is 4.77. The van der Waals surface area contributed by atoms with Crippen LogP contribution in [0.2, 0.25) is 5.15 Å². The standard InChI is InChI=1S/C17H13ClF2N2O4/c1-8-3-4-13(21-14(8)18)22-15(23)16(2)7-24-10-6-12-11(5-9(10)16)25-17(19,20)26-12/h3-6H,7H2,1-2H3,(H,21,22,23). The summed E-state index contributed by atoms with van der Waals surface area (Å²) < 4.78 is 40.9. The second-order valence-electron chi connectivity index (χ2n) is 6.34. The van der Waals surface area contributed by atoms with Crippen LogP contribution < -0.4 is 19.5 Å². The van der Waals surface area contributed by atoms with Gasteiger partial charge in [-0.05, 0) is 31.5 Å². The number of aryl methyl sites for hydroxylation is 1. The average molecular weight is 383 g/mol. The molecule has 1 N–H and O–H groups in total. The first kappa shape index (κ1) is 16.8. The van der Waals surface area contributed by atoms with Crippen molar-refractivity contribution in [1.82, 2.24) is 4.98 Å². The number of hydrogen-bond acceptors (Lipinski definition) is 5. The zero-order valence-electron chi connectivity index (χ0n) is 13.7. The van der Waals surface area contributed by atoms with E-state index in [9.17, 15) is 13.6 Å². The van der Waals surface area contributed by atoms with E-state index < -0.39 is 17.6 Å². The fourth-order valence-corrected chi connectivity index (χ4v) is 3.00. The van der Waals surface area contributed by atoms with Crippen LogP contribution in [0.4, 0.5) is 14.6 Å². The first-order chi connectivity index (χ1) is 12.2. The number of aromatic nitrogens is 1. The molecule has 1 amide bonds. The number of fused-ring (bicyclic) bond motifs is 2. The Bertz CT molecular complexity index is 937. The Kier molecular flexibility index (Phi) is 3.52. The molecule has 1 aromatic carbocycles. The maximum atomic E-state index is 13.2. The highest BCUT2D eigenvalue weighted by molar-refractivity contribution is 6.30. The van der Waals surface area contributed by atoms with E-state index in [1.807, 2.05) is 0 Å². The monoisotopic (exact) mass is 382 g/mol. The number of nitrogens with one attached hydrogen (secondary N) is 1. The molecule has 4 rings (SSSR count). The number of anilines is 1. The van der Waals surface area contributed by atoms with Crippen molar-refractivity contribution >= 4 is 23.3 Å². The molecule has 0 saturated carbocycles. The molecule has 1 aromatic heterocycles. The predicted molar refractivity (Wildman–Crippen MR) is 88.1 cm³/mol. The molecule has 26 heavy (non-hydrogen) atoms. The molecule has 0 spiro atoms. The number of rotatable bonds is 2. The van der Waals surface area contributed by atoms with E-state index in [4.69, 9.17) is 16.3 Å². The van der Waals surface area contributed by atoms with Crippen LogP contribution in [0.5, 0.6) is 17.2 Å². The summed E-state index contributed by atoms with van der Waals surface area (Å²) in [5.41, 5.74) is 0.0808. The molecule has 1 unspecified atom stereocenters. The fourth-order valence-electron chi connectivity index (χ4n) is 2.84. The topological polar surface area (TPSA) is 69.7 Å². The lowest BCUT2D eigenvalue weighted by Gasteiger charge is -2.21. The summed E-state index contributed by atoms with van der Waals surface area (Å²) in [7, 11) is 0. The molecular formula is C17H13ClF2N2O4. The zero-order valence-corrected chi connectivity index (χ0v) is 14.5. The molecule has 6 nitrogen and oxygen atoms in total. The minimum Gasteiger partial charge on any atom is -0.492 e. The molecule has 2 aliphatic rings. The van der Waals surface area contributed by atoms with Crippen molar-refractivity contribution in [3.63, 3.8) is 0 Å². The molecule has 0 fully saturated rings. The highest BCUT2D eigenvalue weighted by atomic mass is 35.5. The molecule has 0 aliphatic carbocycles. The number of benzene rings is 1. The van der Waals surface area contributed by atoms with Crippen LogP contribution in [0.3, 0.4) is 0 Å². The minimum absolute atomic E-state index is 0.0348. The smallest absolute Gasteiger partial charge is 0.492 e. The van der Waals surface area contributed by atoms with Gasteiger partial charge in [0.05, 0.1) is 0 Å². The SMILES string of the molecule is Cc1ccc(NC(=O)C2(C)COc3cc4c(cc32)OC(F)(F)O4)nc1Cl. The third-order valence-electron chi connectivity index (χ3n) is 4.39. The molecule has 1 atom stereocenters. The Hall–Kier alpha value is -2.61. The minimum atomic E-state index is -3.74. The lowest BCUT2D eigenvalue weighted by molar-refractivity contribution is -0.286. The number of nitrogens with zero attached hydrogens (tertiary/aromatic N) is 1. The number of hydrogen-bond donors (Lipinski definition) is 1. The van der Waals surface area contributed by atoms with Crippen molar-refractivity contribution in [2.75, 3.05) is 11.9 Å². The Morgan fingerprint density at radius 1 is 1.23 bits per heavy atom. The fraction of sp³-hybridized carbons (Fsp3) is 0.294. The lowest BCUT2D eigenvalue weighted by atomic mass is 9.83. The Morgan fingerprint density at radius 2 is 1.92 bits per heavy atom. The highest BCUT2D eigenvalue weighted by Gasteiger charge is 2.48. The maximum absolute atomic E-state index is 13.2. The van der Waals surface area contributed by atoms with E-state index >= 15 is 0 Å². The second kappa shape index (κ2) is 5.44. The largest absolute Gasteiger partial charge is 0.586 e. The predicted octanol–water partition coefficient (Wildman–Crippen LogP) is 3.65. The summed E-state index contributed by atoms with van der Waals surface area (Å²) in [6.07, 6.45) is -3.74. The second-order valence-corrected chi connectivity index (χ2v) is 6.70. The molecule has 3 heterocycles. The first-order valence-electron chi connectivity index (χ1n) is 7.70. The van der Waals surface area contributed by atoms with Crippen LogP contribution in [0, 0.1) is 6.92 Å². The van der Waals surface area contributed by atoms with Crippen LogP contribution in [-0.2, 0) is 10.2 Å². The molecule has 136 valence electrons. The summed E-state index contributed by atoms with van der Waals surface area (Å²) in [4.78, 5) is 16.9. The van der Waals surface area contributed by atoms with Gasteiger partial charge < -0.3 is 19.5 Å². The van der Waals surface area contributed by atoms with Crippen LogP contribution in [0.25, 0.3) is 0 Å². The van der Waals surface area contributed by atoms with E-state index in [2.05, 4.69) is 19.8 Å². The zero-order chi connectivity index (χ0) is 18.7. The Balaban J connectivity index is 1.64. The number of alkyl halides is 2. The number of ether oxygens (including phenoxy) is 3. The normalized spacial score (nSPS) is 21.9. The van der Waals surface area contributed by atoms with Crippen molar-refractivity contribution in [2.24, 2.45) is 0 Å². The van der Waals surface area contributed by atoms with E-state index in [-0.39, 0.29) is 34.8 Å². The third kappa shape index (κ3) is 2.61. The Labute approximate surface area is 152 Å². The van der Waals surface area contributed by atoms with Gasteiger partial charge in [-0.15, -0.1) is 8.78 Å². The van der Waals surface area contributed by atoms with E-state index in [1.54, 1.807) is 26.0 Å². The molecule has 2 aliphatic heterocycles. The number of halogens is 3. The number of carbonyl (C=O) groups excluding carboxylic acids is 1. The summed E-state index contributed by atoms with van der Waals surface area (Å²) in [6.45, 7) is 3.47. The van der Waals surface area contributed by atoms with E-state index in [0.29, 0.717) is 5.56 Å². The van der Waals surface area contributed by atoms with Gasteiger partial charge in [-0.1, -0.05) is 17.7 Å². The average Bonchev–Trinajstić information content (AvgIpc) is 3.04. The van der Waals surface area contributed by atoms with Crippen molar-refractivity contribution in [3.8, 4) is 17.2 Å². The first-order valence-corrected chi connectivity index (χ1v) is 8.07. The molecule has 0 bridgehead atoms. The highest BCUT2D eigenvalue weighted by Crippen LogP contribution is 2.49. The maximum Gasteiger partial charge on any atom is 0.586 e. The lowest BCUT2D eigenvalue weighted by Crippen LogP contribution is -2.39. The van der Waals surface area contributed by atoms with Crippen LogP contribution in [-0.4, -0.2) is 23.8 Å². The van der Waals surface area contributed by atoms with Gasteiger partial charge in [0.15, 0.2) is 11.5 Å². The van der Waals surface area contributed by atoms with Crippen molar-refractivity contribution in [3.05, 3.63) is 40.5 Å². The van der Waals surface area contributed by atoms with Crippen molar-refractivity contribution in [2.45, 2.75) is 25.6 Å². The van der Waals surface area contributed by atoms with Gasteiger partial charge in [-0.25, -0.2) is 4.98 Å². The Morgan fingerprint density at radius 3 is 2.62 bits per heavy atom. The summed E-state index contributed by atoms with van der Waals surface area (Å²) in [6, 6.07) is 5.99. The van der Waals surface area contributed by atoms with Crippen molar-refractivity contribution < 1.29 is 27.8 Å². The van der Waals surface area contributed by atoms with Gasteiger partial charge in [0, 0.05) is 11.6 Å². The van der Waals surface area contributed by atoms with Gasteiger partial charge in [0.25, 0.3) is 0 Å². The quantitative estimate of drug-likeness (QED) is 0.803. The molecule has 2 aromatic rings. The van der Waals surface area contributed by atoms with Crippen LogP contribution in [0.15, 0.2) is 24.3 Å². The van der Waals surface area contributed by atoms with Crippen LogP contribution in [0.1, 0.15) is 18.1 Å². The van der Waals surface area contributed by atoms with Gasteiger partial charge in [-0.3, -0.25) is 4.79 Å². The summed E-state index contributed by atoms with van der Waals surface area (Å²) in [5.74, 6) is -0.111. The number of carbonyl (C=O) groups is 1. The molecule has 0 saturated heterocycles. The van der Waals surface area contributed by atoms with E-state index in [0.717, 1.165) is 5.56 Å².